The Hall–Kier alpha value is -1.03. The van der Waals surface area contributed by atoms with Crippen LogP contribution >= 0.6 is 22.9 Å². The van der Waals surface area contributed by atoms with E-state index in [0.717, 1.165) is 16.0 Å². The molecule has 0 radical (unpaired) electrons. The summed E-state index contributed by atoms with van der Waals surface area (Å²) in [6.07, 6.45) is 0.490. The summed E-state index contributed by atoms with van der Waals surface area (Å²) in [5, 5.41) is 11.6. The van der Waals surface area contributed by atoms with Gasteiger partial charge in [0.15, 0.2) is 0 Å². The Balaban J connectivity index is 2.52. The minimum Gasteiger partial charge on any atom is -0.398 e. The van der Waals surface area contributed by atoms with Crippen LogP contribution in [0.2, 0.25) is 5.02 Å². The number of aliphatic hydroxyl groups is 1. The first kappa shape index (κ1) is 11.5. The second kappa shape index (κ2) is 4.87. The van der Waals surface area contributed by atoms with Crippen molar-refractivity contribution in [3.63, 3.8) is 0 Å². The molecule has 0 aliphatic carbocycles. The fourth-order valence-electron chi connectivity index (χ4n) is 1.65. The number of hydrogen-bond donors (Lipinski definition) is 2. The number of nitrogen functional groups attached to an aromatic ring is 1. The average molecular weight is 254 g/mol. The smallest absolute Gasteiger partial charge is 0.0472 e. The van der Waals surface area contributed by atoms with E-state index in [-0.39, 0.29) is 6.61 Å². The molecule has 3 N–H and O–H groups in total. The molecule has 16 heavy (non-hydrogen) atoms. The van der Waals surface area contributed by atoms with Crippen LogP contribution in [0, 0.1) is 0 Å². The molecule has 1 heterocycles. The van der Waals surface area contributed by atoms with Gasteiger partial charge < -0.3 is 10.8 Å². The van der Waals surface area contributed by atoms with E-state index in [0.29, 0.717) is 17.1 Å². The van der Waals surface area contributed by atoms with E-state index >= 15 is 0 Å². The predicted molar refractivity (Wildman–Crippen MR) is 70.0 cm³/mol. The monoisotopic (exact) mass is 253 g/mol. The normalized spacial score (nSPS) is 10.6. The third-order valence-corrected chi connectivity index (χ3v) is 3.71. The molecule has 2 rings (SSSR count). The Morgan fingerprint density at radius 1 is 1.31 bits per heavy atom. The summed E-state index contributed by atoms with van der Waals surface area (Å²) in [5.41, 5.74) is 8.56. The number of aliphatic hydroxyl groups excluding tert-OH is 1. The van der Waals surface area contributed by atoms with Crippen molar-refractivity contribution >= 4 is 28.6 Å². The minimum atomic E-state index is 0.0534. The van der Waals surface area contributed by atoms with Crippen molar-refractivity contribution in [2.24, 2.45) is 0 Å². The molecule has 0 aliphatic heterocycles. The van der Waals surface area contributed by atoms with Crippen molar-refractivity contribution in [1.82, 2.24) is 0 Å². The first-order valence-electron chi connectivity index (χ1n) is 4.95. The highest BCUT2D eigenvalue weighted by molar-refractivity contribution is 7.13. The van der Waals surface area contributed by atoms with Crippen molar-refractivity contribution in [1.29, 1.82) is 0 Å². The van der Waals surface area contributed by atoms with E-state index in [1.165, 1.54) is 0 Å². The van der Waals surface area contributed by atoms with Crippen molar-refractivity contribution in [2.75, 3.05) is 12.3 Å². The molecule has 0 aliphatic rings. The molecule has 0 bridgehead atoms. The zero-order valence-corrected chi connectivity index (χ0v) is 10.2. The molecule has 84 valence electrons. The molecule has 0 fully saturated rings. The Kier molecular flexibility index (Phi) is 3.49. The Bertz CT molecular complexity index is 482. The van der Waals surface area contributed by atoms with Crippen LogP contribution in [-0.2, 0) is 6.42 Å². The molecule has 1 aromatic carbocycles. The second-order valence-corrected chi connectivity index (χ2v) is 4.79. The predicted octanol–water partition coefficient (Wildman–Crippen LogP) is 3.19. The number of halogens is 1. The van der Waals surface area contributed by atoms with Gasteiger partial charge in [-0.3, -0.25) is 0 Å². The zero-order valence-electron chi connectivity index (χ0n) is 8.61. The summed E-state index contributed by atoms with van der Waals surface area (Å²) in [7, 11) is 0. The Morgan fingerprint density at radius 3 is 2.75 bits per heavy atom. The SMILES string of the molecule is Nc1c(-c2cccs2)ccc(Cl)c1CCO. The first-order chi connectivity index (χ1) is 7.74. The van der Waals surface area contributed by atoms with Gasteiger partial charge in [-0.25, -0.2) is 0 Å². The molecule has 2 nitrogen and oxygen atoms in total. The van der Waals surface area contributed by atoms with Gasteiger partial charge in [0.1, 0.15) is 0 Å². The number of hydrogen-bond acceptors (Lipinski definition) is 3. The number of benzene rings is 1. The van der Waals surface area contributed by atoms with Crippen LogP contribution < -0.4 is 5.73 Å². The lowest BCUT2D eigenvalue weighted by molar-refractivity contribution is 0.300. The molecular formula is C12H12ClNOS. The Morgan fingerprint density at radius 2 is 2.12 bits per heavy atom. The van der Waals surface area contributed by atoms with Gasteiger partial charge in [-0.1, -0.05) is 17.7 Å². The van der Waals surface area contributed by atoms with E-state index in [9.17, 15) is 0 Å². The van der Waals surface area contributed by atoms with Crippen LogP contribution in [0.15, 0.2) is 29.6 Å². The first-order valence-corrected chi connectivity index (χ1v) is 6.21. The lowest BCUT2D eigenvalue weighted by Crippen LogP contribution is -2.00. The van der Waals surface area contributed by atoms with E-state index in [4.69, 9.17) is 22.4 Å². The fourth-order valence-corrected chi connectivity index (χ4v) is 2.68. The Labute approximate surface area is 103 Å². The molecule has 2 aromatic rings. The molecule has 4 heteroatoms. The molecular weight excluding hydrogens is 242 g/mol. The maximum absolute atomic E-state index is 8.98. The van der Waals surface area contributed by atoms with Crippen molar-refractivity contribution in [3.05, 3.63) is 40.2 Å². The maximum atomic E-state index is 8.98. The highest BCUT2D eigenvalue weighted by Gasteiger charge is 2.11. The summed E-state index contributed by atoms with van der Waals surface area (Å²) in [4.78, 5) is 1.12. The van der Waals surface area contributed by atoms with Crippen LogP contribution in [0.3, 0.4) is 0 Å². The fraction of sp³-hybridized carbons (Fsp3) is 0.167. The minimum absolute atomic E-state index is 0.0534. The van der Waals surface area contributed by atoms with Crippen LogP contribution in [0.25, 0.3) is 10.4 Å². The van der Waals surface area contributed by atoms with Gasteiger partial charge in [-0.15, -0.1) is 11.3 Å². The highest BCUT2D eigenvalue weighted by atomic mass is 35.5. The summed E-state index contributed by atoms with van der Waals surface area (Å²) in [6, 6.07) is 7.76. The lowest BCUT2D eigenvalue weighted by atomic mass is 10.0. The van der Waals surface area contributed by atoms with Gasteiger partial charge in [-0.05, 0) is 35.6 Å². The molecule has 1 aromatic heterocycles. The van der Waals surface area contributed by atoms with Crippen molar-refractivity contribution in [2.45, 2.75) is 6.42 Å². The van der Waals surface area contributed by atoms with Crippen molar-refractivity contribution in [3.8, 4) is 10.4 Å². The number of nitrogens with two attached hydrogens (primary N) is 1. The average Bonchev–Trinajstić information content (AvgIpc) is 2.77. The molecule has 0 atom stereocenters. The summed E-state index contributed by atoms with van der Waals surface area (Å²) >= 11 is 7.69. The van der Waals surface area contributed by atoms with Crippen LogP contribution in [-0.4, -0.2) is 11.7 Å². The number of rotatable bonds is 3. The topological polar surface area (TPSA) is 46.2 Å². The lowest BCUT2D eigenvalue weighted by Gasteiger charge is -2.11. The van der Waals surface area contributed by atoms with E-state index in [1.807, 2.05) is 29.6 Å². The number of thiophene rings is 1. The van der Waals surface area contributed by atoms with Gasteiger partial charge in [0.2, 0.25) is 0 Å². The quantitative estimate of drug-likeness (QED) is 0.826. The van der Waals surface area contributed by atoms with Gasteiger partial charge in [0.25, 0.3) is 0 Å². The summed E-state index contributed by atoms with van der Waals surface area (Å²) in [5.74, 6) is 0. The number of anilines is 1. The zero-order chi connectivity index (χ0) is 11.5. The van der Waals surface area contributed by atoms with E-state index in [2.05, 4.69) is 0 Å². The second-order valence-electron chi connectivity index (χ2n) is 3.44. The third-order valence-electron chi connectivity index (χ3n) is 2.45. The van der Waals surface area contributed by atoms with Gasteiger partial charge >= 0.3 is 0 Å². The molecule has 0 amide bonds. The molecule has 0 saturated carbocycles. The molecule has 0 saturated heterocycles. The summed E-state index contributed by atoms with van der Waals surface area (Å²) in [6.45, 7) is 0.0534. The highest BCUT2D eigenvalue weighted by Crippen LogP contribution is 2.35. The standard InChI is InChI=1S/C12H12ClNOS/c13-10-4-3-9(11-2-1-7-16-11)12(14)8(10)5-6-15/h1-4,7,15H,5-6,14H2. The largest absolute Gasteiger partial charge is 0.398 e. The van der Waals surface area contributed by atoms with Crippen molar-refractivity contribution < 1.29 is 5.11 Å². The maximum Gasteiger partial charge on any atom is 0.0472 e. The molecule has 0 unspecified atom stereocenters. The van der Waals surface area contributed by atoms with Gasteiger partial charge in [0, 0.05) is 27.8 Å². The third kappa shape index (κ3) is 2.07. The van der Waals surface area contributed by atoms with Crippen LogP contribution in [0.4, 0.5) is 5.69 Å². The van der Waals surface area contributed by atoms with Gasteiger partial charge in [-0.2, -0.15) is 0 Å². The van der Waals surface area contributed by atoms with Crippen LogP contribution in [0.5, 0.6) is 0 Å². The van der Waals surface area contributed by atoms with Crippen LogP contribution in [0.1, 0.15) is 5.56 Å². The van der Waals surface area contributed by atoms with E-state index in [1.54, 1.807) is 11.3 Å². The summed E-state index contributed by atoms with van der Waals surface area (Å²) < 4.78 is 0. The molecule has 0 spiro atoms. The van der Waals surface area contributed by atoms with Gasteiger partial charge in [0.05, 0.1) is 0 Å². The van der Waals surface area contributed by atoms with E-state index < -0.39 is 0 Å².